The highest BCUT2D eigenvalue weighted by Crippen LogP contribution is 2.13. The third-order valence-corrected chi connectivity index (χ3v) is 1.74. The molecule has 1 atom stereocenters. The van der Waals surface area contributed by atoms with Crippen LogP contribution in [0.5, 0.6) is 0 Å². The predicted molar refractivity (Wildman–Crippen MR) is 40.0 cm³/mol. The molecule has 0 aromatic rings. The van der Waals surface area contributed by atoms with Crippen molar-refractivity contribution in [2.24, 2.45) is 11.7 Å². The fraction of sp³-hybridized carbons (Fsp3) is 0.500. The predicted octanol–water partition coefficient (Wildman–Crippen LogP) is 1.47. The van der Waals surface area contributed by atoms with E-state index in [9.17, 15) is 0 Å². The lowest BCUT2D eigenvalue weighted by Gasteiger charge is -2.12. The monoisotopic (exact) mass is 123 g/mol. The number of allylic oxidation sites excluding steroid dienone is 2. The number of hydrogen-bond acceptors (Lipinski definition) is 1. The van der Waals surface area contributed by atoms with Crippen molar-refractivity contribution in [2.45, 2.75) is 19.4 Å². The quantitative estimate of drug-likeness (QED) is 0.591. The van der Waals surface area contributed by atoms with Crippen molar-refractivity contribution in [1.29, 1.82) is 0 Å². The van der Waals surface area contributed by atoms with Gasteiger partial charge in [-0.25, -0.2) is 0 Å². The summed E-state index contributed by atoms with van der Waals surface area (Å²) in [5, 5.41) is 0. The summed E-state index contributed by atoms with van der Waals surface area (Å²) in [7, 11) is 0. The van der Waals surface area contributed by atoms with E-state index in [0.29, 0.717) is 12.0 Å². The summed E-state index contributed by atoms with van der Waals surface area (Å²) in [5.74, 6) is 0.495. The number of nitrogens with two attached hydrogens (primary N) is 1. The Labute approximate surface area is 56.2 Å². The maximum atomic E-state index is 5.78. The second-order valence-corrected chi connectivity index (χ2v) is 2.42. The van der Waals surface area contributed by atoms with E-state index in [1.54, 1.807) is 0 Å². The normalized spacial score (nSPS) is 21.1. The summed E-state index contributed by atoms with van der Waals surface area (Å²) in [6, 6.07) is 0.319. The van der Waals surface area contributed by atoms with Gasteiger partial charge >= 0.3 is 0 Å². The van der Waals surface area contributed by atoms with Crippen molar-refractivity contribution in [3.05, 3.63) is 24.3 Å². The maximum absolute atomic E-state index is 5.78. The van der Waals surface area contributed by atoms with Crippen LogP contribution in [-0.2, 0) is 0 Å². The van der Waals surface area contributed by atoms with Crippen LogP contribution in [0.25, 0.3) is 0 Å². The molecule has 0 saturated heterocycles. The van der Waals surface area contributed by atoms with E-state index >= 15 is 0 Å². The van der Waals surface area contributed by atoms with Crippen LogP contribution in [0.4, 0.5) is 0 Å². The van der Waals surface area contributed by atoms with Crippen molar-refractivity contribution in [1.82, 2.24) is 0 Å². The highest BCUT2D eigenvalue weighted by molar-refractivity contribution is 5.19. The molecule has 0 spiro atoms. The molecular formula is C8H13N. The zero-order valence-corrected chi connectivity index (χ0v) is 5.75. The third kappa shape index (κ3) is 1.42. The fourth-order valence-electron chi connectivity index (χ4n) is 1.01. The van der Waals surface area contributed by atoms with Crippen LogP contribution < -0.4 is 5.73 Å². The van der Waals surface area contributed by atoms with E-state index in [1.807, 2.05) is 0 Å². The Morgan fingerprint density at radius 1 is 1.44 bits per heavy atom. The molecule has 0 amide bonds. The number of hydrogen-bond donors (Lipinski definition) is 1. The van der Waals surface area contributed by atoms with Crippen molar-refractivity contribution in [2.75, 3.05) is 0 Å². The molecule has 1 heteroatoms. The van der Waals surface area contributed by atoms with Crippen LogP contribution in [0.15, 0.2) is 24.3 Å². The first-order chi connectivity index (χ1) is 4.34. The van der Waals surface area contributed by atoms with Crippen molar-refractivity contribution in [3.8, 4) is 0 Å². The van der Waals surface area contributed by atoms with Crippen LogP contribution in [-0.4, -0.2) is 6.04 Å². The molecule has 0 heterocycles. The summed E-state index contributed by atoms with van der Waals surface area (Å²) in [6.45, 7) is 2.12. The molecule has 1 aliphatic carbocycles. The molecule has 50 valence electrons. The second-order valence-electron chi connectivity index (χ2n) is 2.42. The van der Waals surface area contributed by atoms with Gasteiger partial charge in [0.15, 0.2) is 0 Å². The van der Waals surface area contributed by atoms with E-state index in [-0.39, 0.29) is 0 Å². The average molecular weight is 123 g/mol. The van der Waals surface area contributed by atoms with Crippen LogP contribution in [0.3, 0.4) is 0 Å². The molecule has 0 saturated carbocycles. The minimum atomic E-state index is 0.319. The van der Waals surface area contributed by atoms with Gasteiger partial charge in [-0.3, -0.25) is 0 Å². The van der Waals surface area contributed by atoms with Gasteiger partial charge in [-0.1, -0.05) is 31.2 Å². The molecule has 0 bridgehead atoms. The smallest absolute Gasteiger partial charge is 0.0134 e. The molecule has 1 rings (SSSR count). The minimum absolute atomic E-state index is 0.319. The van der Waals surface area contributed by atoms with Gasteiger partial charge in [0.2, 0.25) is 0 Å². The Balaban J connectivity index is 2.43. The summed E-state index contributed by atoms with van der Waals surface area (Å²) < 4.78 is 0. The topological polar surface area (TPSA) is 26.0 Å². The van der Waals surface area contributed by atoms with Crippen molar-refractivity contribution >= 4 is 0 Å². The Morgan fingerprint density at radius 3 is 2.44 bits per heavy atom. The van der Waals surface area contributed by atoms with E-state index < -0.39 is 0 Å². The van der Waals surface area contributed by atoms with Gasteiger partial charge in [0.1, 0.15) is 0 Å². The molecule has 1 nitrogen and oxygen atoms in total. The largest absolute Gasteiger partial charge is 0.327 e. The lowest BCUT2D eigenvalue weighted by molar-refractivity contribution is 0.570. The van der Waals surface area contributed by atoms with Gasteiger partial charge in [0.25, 0.3) is 0 Å². The zero-order valence-electron chi connectivity index (χ0n) is 5.75. The fourth-order valence-corrected chi connectivity index (χ4v) is 1.01. The van der Waals surface area contributed by atoms with E-state index in [1.165, 1.54) is 0 Å². The highest BCUT2D eigenvalue weighted by Gasteiger charge is 2.10. The molecule has 0 aromatic carbocycles. The van der Waals surface area contributed by atoms with E-state index in [2.05, 4.69) is 31.2 Å². The number of rotatable bonds is 2. The Kier molecular flexibility index (Phi) is 2.06. The molecule has 1 aliphatic rings. The summed E-state index contributed by atoms with van der Waals surface area (Å²) in [5.41, 5.74) is 5.78. The standard InChI is InChI=1S/C8H13N/c1-2-8(9)7-5-3-4-6-7/h3-8H,2,9H2,1H3. The van der Waals surface area contributed by atoms with Gasteiger partial charge in [-0.15, -0.1) is 0 Å². The Bertz CT molecular complexity index is 124. The van der Waals surface area contributed by atoms with Gasteiger partial charge in [-0.05, 0) is 6.42 Å². The first kappa shape index (κ1) is 6.56. The first-order valence-corrected chi connectivity index (χ1v) is 3.45. The molecular weight excluding hydrogens is 110 g/mol. The van der Waals surface area contributed by atoms with Crippen LogP contribution in [0.1, 0.15) is 13.3 Å². The molecule has 2 N–H and O–H groups in total. The summed E-state index contributed by atoms with van der Waals surface area (Å²) in [4.78, 5) is 0. The molecule has 9 heavy (non-hydrogen) atoms. The molecule has 0 radical (unpaired) electrons. The van der Waals surface area contributed by atoms with Crippen LogP contribution in [0, 0.1) is 5.92 Å². The van der Waals surface area contributed by atoms with Gasteiger partial charge in [0.05, 0.1) is 0 Å². The summed E-state index contributed by atoms with van der Waals surface area (Å²) >= 11 is 0. The highest BCUT2D eigenvalue weighted by atomic mass is 14.6. The Morgan fingerprint density at radius 2 is 2.00 bits per heavy atom. The van der Waals surface area contributed by atoms with E-state index in [0.717, 1.165) is 6.42 Å². The van der Waals surface area contributed by atoms with Crippen molar-refractivity contribution < 1.29 is 0 Å². The van der Waals surface area contributed by atoms with Crippen LogP contribution in [0.2, 0.25) is 0 Å². The lowest BCUT2D eigenvalue weighted by atomic mass is 10.0. The molecule has 0 fully saturated rings. The minimum Gasteiger partial charge on any atom is -0.327 e. The van der Waals surface area contributed by atoms with Crippen LogP contribution >= 0.6 is 0 Å². The van der Waals surface area contributed by atoms with Gasteiger partial charge < -0.3 is 5.73 Å². The third-order valence-electron chi connectivity index (χ3n) is 1.74. The van der Waals surface area contributed by atoms with Crippen molar-refractivity contribution in [3.63, 3.8) is 0 Å². The molecule has 0 aliphatic heterocycles. The molecule has 0 aromatic heterocycles. The van der Waals surface area contributed by atoms with E-state index in [4.69, 9.17) is 5.73 Å². The lowest BCUT2D eigenvalue weighted by Crippen LogP contribution is -2.25. The summed E-state index contributed by atoms with van der Waals surface area (Å²) in [6.07, 6.45) is 9.46. The zero-order chi connectivity index (χ0) is 6.69. The SMILES string of the molecule is CCC(N)C1C=CC=C1. The Hall–Kier alpha value is -0.560. The van der Waals surface area contributed by atoms with Gasteiger partial charge in [-0.2, -0.15) is 0 Å². The second kappa shape index (κ2) is 2.83. The first-order valence-electron chi connectivity index (χ1n) is 3.45. The van der Waals surface area contributed by atoms with Gasteiger partial charge in [0, 0.05) is 12.0 Å². The maximum Gasteiger partial charge on any atom is 0.0134 e. The average Bonchev–Trinajstić information content (AvgIpc) is 2.37. The molecule has 1 unspecified atom stereocenters.